The summed E-state index contributed by atoms with van der Waals surface area (Å²) in [4.78, 5) is 12.4. The summed E-state index contributed by atoms with van der Waals surface area (Å²) in [5.41, 5.74) is 0. The molecule has 1 atom stereocenters. The average Bonchev–Trinajstić information content (AvgIpc) is 2.00. The number of nitrogens with zero attached hydrogens (tertiary/aromatic N) is 1. The Labute approximate surface area is 80.0 Å². The van der Waals surface area contributed by atoms with E-state index in [9.17, 15) is 4.79 Å². The summed E-state index contributed by atoms with van der Waals surface area (Å²) in [6.07, 6.45) is 1.77. The molecule has 0 saturated carbocycles. The molecule has 0 spiro atoms. The Morgan fingerprint density at radius 3 is 2.38 bits per heavy atom. The van der Waals surface area contributed by atoms with Crippen LogP contribution in [0.3, 0.4) is 0 Å². The van der Waals surface area contributed by atoms with Crippen LogP contribution < -0.4 is 0 Å². The molecule has 0 aliphatic rings. The molecule has 76 valence electrons. The second-order valence-electron chi connectivity index (χ2n) is 3.69. The van der Waals surface area contributed by atoms with Gasteiger partial charge in [-0.2, -0.15) is 0 Å². The summed E-state index contributed by atoms with van der Waals surface area (Å²) in [6, 6.07) is 0.124. The summed E-state index contributed by atoms with van der Waals surface area (Å²) in [6.45, 7) is 10.6. The van der Waals surface area contributed by atoms with Crippen molar-refractivity contribution in [2.75, 3.05) is 13.1 Å². The summed E-state index contributed by atoms with van der Waals surface area (Å²) >= 11 is 0. The number of carboxylic acid groups (broad SMARTS) is 1. The topological polar surface area (TPSA) is 40.5 Å². The van der Waals surface area contributed by atoms with E-state index in [1.807, 2.05) is 11.8 Å². The molecule has 0 aromatic rings. The lowest BCUT2D eigenvalue weighted by Gasteiger charge is -2.26. The average molecular weight is 185 g/mol. The molecule has 3 nitrogen and oxygen atoms in total. The number of hydrogen-bond donors (Lipinski definition) is 1. The third-order valence-electron chi connectivity index (χ3n) is 1.86. The highest BCUT2D eigenvalue weighted by Gasteiger charge is 2.15. The summed E-state index contributed by atoms with van der Waals surface area (Å²) in [5, 5.41) is 8.67. The second kappa shape index (κ2) is 5.75. The number of carboxylic acids is 1. The van der Waals surface area contributed by atoms with Gasteiger partial charge in [-0.25, -0.2) is 0 Å². The van der Waals surface area contributed by atoms with Gasteiger partial charge in [-0.05, 0) is 12.8 Å². The van der Waals surface area contributed by atoms with E-state index in [0.717, 1.165) is 6.54 Å². The lowest BCUT2D eigenvalue weighted by molar-refractivity contribution is -0.138. The first-order valence-electron chi connectivity index (χ1n) is 4.55. The van der Waals surface area contributed by atoms with E-state index >= 15 is 0 Å². The minimum atomic E-state index is -0.783. The summed E-state index contributed by atoms with van der Waals surface area (Å²) in [5.74, 6) is -0.309. The molecule has 0 rings (SSSR count). The molecule has 1 unspecified atom stereocenters. The van der Waals surface area contributed by atoms with Crippen LogP contribution in [0, 0.1) is 5.92 Å². The van der Waals surface area contributed by atoms with Crippen LogP contribution in [0.1, 0.15) is 20.8 Å². The zero-order valence-electron chi connectivity index (χ0n) is 8.66. The van der Waals surface area contributed by atoms with E-state index in [1.54, 1.807) is 6.08 Å². The highest BCUT2D eigenvalue weighted by Crippen LogP contribution is 2.04. The normalized spacial score (nSPS) is 13.3. The van der Waals surface area contributed by atoms with Gasteiger partial charge in [0.15, 0.2) is 0 Å². The fraction of sp³-hybridized carbons (Fsp3) is 0.700. The van der Waals surface area contributed by atoms with E-state index in [1.165, 1.54) is 0 Å². The van der Waals surface area contributed by atoms with Crippen molar-refractivity contribution in [1.82, 2.24) is 4.90 Å². The van der Waals surface area contributed by atoms with Crippen LogP contribution in [0.25, 0.3) is 0 Å². The smallest absolute Gasteiger partial charge is 0.317 e. The minimum absolute atomic E-state index is 0.0887. The molecule has 3 heteroatoms. The van der Waals surface area contributed by atoms with E-state index in [4.69, 9.17) is 5.11 Å². The van der Waals surface area contributed by atoms with E-state index < -0.39 is 5.97 Å². The van der Waals surface area contributed by atoms with Gasteiger partial charge in [-0.3, -0.25) is 9.69 Å². The highest BCUT2D eigenvalue weighted by molar-refractivity contribution is 5.69. The zero-order valence-corrected chi connectivity index (χ0v) is 8.66. The lowest BCUT2D eigenvalue weighted by atomic mass is 10.1. The number of carbonyl (C=O) groups is 1. The van der Waals surface area contributed by atoms with E-state index in [0.29, 0.717) is 5.92 Å². The fourth-order valence-electron chi connectivity index (χ4n) is 1.17. The van der Waals surface area contributed by atoms with E-state index in [2.05, 4.69) is 20.4 Å². The number of hydrogen-bond acceptors (Lipinski definition) is 2. The van der Waals surface area contributed by atoms with Gasteiger partial charge in [0.05, 0.1) is 6.54 Å². The van der Waals surface area contributed by atoms with E-state index in [-0.39, 0.29) is 12.6 Å². The predicted molar refractivity (Wildman–Crippen MR) is 53.7 cm³/mol. The van der Waals surface area contributed by atoms with Gasteiger partial charge in [0.1, 0.15) is 0 Å². The maximum Gasteiger partial charge on any atom is 0.317 e. The van der Waals surface area contributed by atoms with Crippen molar-refractivity contribution < 1.29 is 9.90 Å². The molecule has 0 radical (unpaired) electrons. The SMILES string of the molecule is C=CC(C)N(CC(=O)O)CC(C)C. The van der Waals surface area contributed by atoms with Crippen molar-refractivity contribution in [1.29, 1.82) is 0 Å². The monoisotopic (exact) mass is 185 g/mol. The maximum absolute atomic E-state index is 10.5. The number of aliphatic carboxylic acids is 1. The Morgan fingerprint density at radius 1 is 1.54 bits per heavy atom. The fourth-order valence-corrected chi connectivity index (χ4v) is 1.17. The molecule has 1 N–H and O–H groups in total. The quantitative estimate of drug-likeness (QED) is 0.639. The molecular weight excluding hydrogens is 166 g/mol. The Balaban J connectivity index is 4.17. The molecule has 0 bridgehead atoms. The summed E-state index contributed by atoms with van der Waals surface area (Å²) < 4.78 is 0. The first-order chi connectivity index (χ1) is 5.97. The van der Waals surface area contributed by atoms with Crippen LogP contribution in [-0.4, -0.2) is 35.1 Å². The van der Waals surface area contributed by atoms with Crippen molar-refractivity contribution in [2.24, 2.45) is 5.92 Å². The molecule has 0 amide bonds. The third kappa shape index (κ3) is 5.42. The van der Waals surface area contributed by atoms with Crippen LogP contribution in [0.15, 0.2) is 12.7 Å². The van der Waals surface area contributed by atoms with Crippen LogP contribution in [0.2, 0.25) is 0 Å². The van der Waals surface area contributed by atoms with Gasteiger partial charge in [-0.1, -0.05) is 19.9 Å². The van der Waals surface area contributed by atoms with Gasteiger partial charge in [-0.15, -0.1) is 6.58 Å². The van der Waals surface area contributed by atoms with Gasteiger partial charge in [0, 0.05) is 12.6 Å². The largest absolute Gasteiger partial charge is 0.480 e. The number of rotatable bonds is 6. The van der Waals surface area contributed by atoms with Crippen LogP contribution in [0.4, 0.5) is 0 Å². The highest BCUT2D eigenvalue weighted by atomic mass is 16.4. The van der Waals surface area contributed by atoms with Gasteiger partial charge < -0.3 is 5.11 Å². The van der Waals surface area contributed by atoms with Crippen molar-refractivity contribution >= 4 is 5.97 Å². The van der Waals surface area contributed by atoms with Gasteiger partial charge >= 0.3 is 5.97 Å². The molecule has 13 heavy (non-hydrogen) atoms. The summed E-state index contributed by atoms with van der Waals surface area (Å²) in [7, 11) is 0. The van der Waals surface area contributed by atoms with Crippen molar-refractivity contribution in [2.45, 2.75) is 26.8 Å². The van der Waals surface area contributed by atoms with Gasteiger partial charge in [0.2, 0.25) is 0 Å². The predicted octanol–water partition coefficient (Wildman–Crippen LogP) is 1.60. The van der Waals surface area contributed by atoms with Crippen LogP contribution in [0.5, 0.6) is 0 Å². The first kappa shape index (κ1) is 12.2. The molecule has 0 aliphatic carbocycles. The molecule has 0 fully saturated rings. The molecule has 0 heterocycles. The molecule has 0 aromatic carbocycles. The van der Waals surface area contributed by atoms with Crippen LogP contribution in [-0.2, 0) is 4.79 Å². The Morgan fingerprint density at radius 2 is 2.08 bits per heavy atom. The molecule has 0 saturated heterocycles. The van der Waals surface area contributed by atoms with Crippen molar-refractivity contribution in [3.05, 3.63) is 12.7 Å². The molecular formula is C10H19NO2. The Bertz CT molecular complexity index is 178. The van der Waals surface area contributed by atoms with Crippen molar-refractivity contribution in [3.63, 3.8) is 0 Å². The van der Waals surface area contributed by atoms with Gasteiger partial charge in [0.25, 0.3) is 0 Å². The standard InChI is InChI=1S/C10H19NO2/c1-5-9(4)11(6-8(2)3)7-10(12)13/h5,8-9H,1,6-7H2,2-4H3,(H,12,13). The first-order valence-corrected chi connectivity index (χ1v) is 4.55. The Hall–Kier alpha value is -0.830. The van der Waals surface area contributed by atoms with Crippen molar-refractivity contribution in [3.8, 4) is 0 Å². The lowest BCUT2D eigenvalue weighted by Crippen LogP contribution is -2.38. The zero-order chi connectivity index (χ0) is 10.4. The van der Waals surface area contributed by atoms with Crippen LogP contribution >= 0.6 is 0 Å². The third-order valence-corrected chi connectivity index (χ3v) is 1.86. The minimum Gasteiger partial charge on any atom is -0.480 e. The maximum atomic E-state index is 10.5. The Kier molecular flexibility index (Phi) is 5.39. The molecule has 0 aliphatic heterocycles. The second-order valence-corrected chi connectivity index (χ2v) is 3.69. The molecule has 0 aromatic heterocycles.